The van der Waals surface area contributed by atoms with Gasteiger partial charge in [0.05, 0.1) is 18.9 Å². The highest BCUT2D eigenvalue weighted by molar-refractivity contribution is 5.83. The fourth-order valence-corrected chi connectivity index (χ4v) is 3.50. The van der Waals surface area contributed by atoms with Crippen molar-refractivity contribution in [2.45, 2.75) is 31.5 Å². The second kappa shape index (κ2) is 5.85. The highest BCUT2D eigenvalue weighted by Gasteiger charge is 2.48. The van der Waals surface area contributed by atoms with E-state index < -0.39 is 0 Å². The smallest absolute Gasteiger partial charge is 0.226 e. The number of benzene rings is 1. The highest BCUT2D eigenvalue weighted by Crippen LogP contribution is 2.49. The van der Waals surface area contributed by atoms with Crippen LogP contribution in [0.1, 0.15) is 36.7 Å². The van der Waals surface area contributed by atoms with Crippen LogP contribution >= 0.6 is 0 Å². The molecule has 0 radical (unpaired) electrons. The first-order valence-corrected chi connectivity index (χ1v) is 8.25. The number of morpholine rings is 1. The van der Waals surface area contributed by atoms with Crippen molar-refractivity contribution >= 4 is 5.91 Å². The van der Waals surface area contributed by atoms with Crippen LogP contribution in [0.4, 0.5) is 0 Å². The zero-order chi connectivity index (χ0) is 15.8. The third-order valence-electron chi connectivity index (χ3n) is 4.76. The van der Waals surface area contributed by atoms with Crippen LogP contribution < -0.4 is 0 Å². The highest BCUT2D eigenvalue weighted by atomic mass is 16.5. The molecule has 1 saturated carbocycles. The van der Waals surface area contributed by atoms with Crippen LogP contribution in [0.5, 0.6) is 0 Å². The molecule has 1 amide bonds. The van der Waals surface area contributed by atoms with Gasteiger partial charge in [0.25, 0.3) is 0 Å². The fraction of sp³-hybridized carbons (Fsp3) is 0.421. The van der Waals surface area contributed by atoms with Gasteiger partial charge >= 0.3 is 0 Å². The van der Waals surface area contributed by atoms with Gasteiger partial charge in [-0.25, -0.2) is 0 Å². The van der Waals surface area contributed by atoms with Crippen LogP contribution in [0.3, 0.4) is 0 Å². The molecule has 4 nitrogen and oxygen atoms in total. The van der Waals surface area contributed by atoms with Crippen LogP contribution in [-0.2, 0) is 9.53 Å². The molecule has 4 rings (SSSR count). The maximum atomic E-state index is 12.8. The zero-order valence-electron chi connectivity index (χ0n) is 13.2. The topological polar surface area (TPSA) is 42.7 Å². The summed E-state index contributed by atoms with van der Waals surface area (Å²) in [6.07, 6.45) is 2.59. The Morgan fingerprint density at radius 3 is 2.70 bits per heavy atom. The van der Waals surface area contributed by atoms with Gasteiger partial charge in [0.2, 0.25) is 5.91 Å². The molecule has 23 heavy (non-hydrogen) atoms. The minimum absolute atomic E-state index is 0.0373. The molecule has 1 aliphatic carbocycles. The molecule has 4 unspecified atom stereocenters. The van der Waals surface area contributed by atoms with Crippen LogP contribution in [0.2, 0.25) is 0 Å². The number of amides is 1. The van der Waals surface area contributed by atoms with Gasteiger partial charge in [-0.1, -0.05) is 30.3 Å². The Kier molecular flexibility index (Phi) is 3.69. The SMILES string of the molecule is CC1CN(C(=O)C2CC2c2ccco2)CC(c2ccccc2)O1. The molecule has 1 saturated heterocycles. The predicted octanol–water partition coefficient (Wildman–Crippen LogP) is 3.37. The molecular formula is C19H21NO3. The summed E-state index contributed by atoms with van der Waals surface area (Å²) in [6, 6.07) is 14.0. The average molecular weight is 311 g/mol. The molecule has 0 spiro atoms. The molecule has 0 N–H and O–H groups in total. The largest absolute Gasteiger partial charge is 0.469 e. The van der Waals surface area contributed by atoms with Crippen molar-refractivity contribution in [3.05, 3.63) is 60.1 Å². The van der Waals surface area contributed by atoms with E-state index in [1.165, 1.54) is 0 Å². The molecule has 4 heteroatoms. The van der Waals surface area contributed by atoms with E-state index >= 15 is 0 Å². The molecule has 1 aromatic carbocycles. The molecule has 2 heterocycles. The molecule has 1 aliphatic heterocycles. The first-order chi connectivity index (χ1) is 11.2. The average Bonchev–Trinajstić information content (AvgIpc) is 3.19. The van der Waals surface area contributed by atoms with Gasteiger partial charge < -0.3 is 14.1 Å². The number of nitrogens with zero attached hydrogens (tertiary/aromatic N) is 1. The van der Waals surface area contributed by atoms with E-state index in [0.717, 1.165) is 17.7 Å². The lowest BCUT2D eigenvalue weighted by atomic mass is 10.1. The summed E-state index contributed by atoms with van der Waals surface area (Å²) in [5.74, 6) is 1.50. The van der Waals surface area contributed by atoms with Crippen molar-refractivity contribution in [3.8, 4) is 0 Å². The fourth-order valence-electron chi connectivity index (χ4n) is 3.50. The lowest BCUT2D eigenvalue weighted by Crippen LogP contribution is -2.46. The molecule has 1 aromatic heterocycles. The Balaban J connectivity index is 1.45. The summed E-state index contributed by atoms with van der Waals surface area (Å²) in [5, 5.41) is 0. The maximum Gasteiger partial charge on any atom is 0.226 e. The van der Waals surface area contributed by atoms with Crippen molar-refractivity contribution in [1.82, 2.24) is 4.90 Å². The standard InChI is InChI=1S/C19H21NO3/c1-13-11-20(12-18(23-13)14-6-3-2-4-7-14)19(21)16-10-15(16)17-8-5-9-22-17/h2-9,13,15-16,18H,10-12H2,1H3. The van der Waals surface area contributed by atoms with E-state index in [2.05, 4.69) is 12.1 Å². The summed E-state index contributed by atoms with van der Waals surface area (Å²) >= 11 is 0. The monoisotopic (exact) mass is 311 g/mol. The summed E-state index contributed by atoms with van der Waals surface area (Å²) in [7, 11) is 0. The minimum atomic E-state index is -0.0373. The van der Waals surface area contributed by atoms with E-state index in [1.807, 2.05) is 42.2 Å². The second-order valence-electron chi connectivity index (χ2n) is 6.55. The minimum Gasteiger partial charge on any atom is -0.469 e. The van der Waals surface area contributed by atoms with Gasteiger partial charge in [-0.2, -0.15) is 0 Å². The first kappa shape index (κ1) is 14.5. The van der Waals surface area contributed by atoms with Gasteiger partial charge in [-0.05, 0) is 31.0 Å². The van der Waals surface area contributed by atoms with E-state index in [9.17, 15) is 4.79 Å². The van der Waals surface area contributed by atoms with Crippen LogP contribution in [0.15, 0.2) is 53.1 Å². The molecule has 120 valence electrons. The molecule has 0 bridgehead atoms. The van der Waals surface area contributed by atoms with Gasteiger partial charge in [0, 0.05) is 18.4 Å². The Bertz CT molecular complexity index is 667. The third-order valence-corrected chi connectivity index (χ3v) is 4.76. The predicted molar refractivity (Wildman–Crippen MR) is 85.9 cm³/mol. The Hall–Kier alpha value is -2.07. The van der Waals surface area contributed by atoms with E-state index in [-0.39, 0.29) is 30.0 Å². The normalized spacial score (nSPS) is 30.2. The van der Waals surface area contributed by atoms with Crippen LogP contribution in [-0.4, -0.2) is 30.0 Å². The molecule has 2 aliphatic rings. The maximum absolute atomic E-state index is 12.8. The number of rotatable bonds is 3. The van der Waals surface area contributed by atoms with Crippen LogP contribution in [0.25, 0.3) is 0 Å². The summed E-state index contributed by atoms with van der Waals surface area (Å²) < 4.78 is 11.5. The number of hydrogen-bond acceptors (Lipinski definition) is 3. The number of furan rings is 1. The summed E-state index contributed by atoms with van der Waals surface area (Å²) in [5.41, 5.74) is 1.13. The summed E-state index contributed by atoms with van der Waals surface area (Å²) in [4.78, 5) is 14.8. The van der Waals surface area contributed by atoms with Gasteiger partial charge in [0.15, 0.2) is 0 Å². The number of hydrogen-bond donors (Lipinski definition) is 0. The number of carbonyl (C=O) groups excluding carboxylic acids is 1. The van der Waals surface area contributed by atoms with Crippen molar-refractivity contribution < 1.29 is 13.9 Å². The lowest BCUT2D eigenvalue weighted by molar-refractivity contribution is -0.146. The second-order valence-corrected chi connectivity index (χ2v) is 6.55. The van der Waals surface area contributed by atoms with E-state index in [4.69, 9.17) is 9.15 Å². The summed E-state index contributed by atoms with van der Waals surface area (Å²) in [6.45, 7) is 3.34. The molecule has 2 aromatic rings. The van der Waals surface area contributed by atoms with Gasteiger partial charge in [0.1, 0.15) is 11.9 Å². The van der Waals surface area contributed by atoms with Crippen molar-refractivity contribution in [2.75, 3.05) is 13.1 Å². The molecule has 4 atom stereocenters. The number of ether oxygens (including phenoxy) is 1. The van der Waals surface area contributed by atoms with E-state index in [1.54, 1.807) is 6.26 Å². The van der Waals surface area contributed by atoms with Gasteiger partial charge in [-0.15, -0.1) is 0 Å². The Morgan fingerprint density at radius 2 is 1.96 bits per heavy atom. The first-order valence-electron chi connectivity index (χ1n) is 8.25. The van der Waals surface area contributed by atoms with E-state index in [0.29, 0.717) is 13.1 Å². The quantitative estimate of drug-likeness (QED) is 0.873. The van der Waals surface area contributed by atoms with Crippen molar-refractivity contribution in [2.24, 2.45) is 5.92 Å². The lowest BCUT2D eigenvalue weighted by Gasteiger charge is -2.37. The van der Waals surface area contributed by atoms with Gasteiger partial charge in [-0.3, -0.25) is 4.79 Å². The zero-order valence-corrected chi connectivity index (χ0v) is 13.2. The Labute approximate surface area is 136 Å². The van der Waals surface area contributed by atoms with Crippen LogP contribution in [0, 0.1) is 5.92 Å². The molecule has 2 fully saturated rings. The third kappa shape index (κ3) is 2.91. The number of carbonyl (C=O) groups is 1. The Morgan fingerprint density at radius 1 is 1.13 bits per heavy atom. The van der Waals surface area contributed by atoms with Crippen molar-refractivity contribution in [3.63, 3.8) is 0 Å². The molecular weight excluding hydrogens is 290 g/mol. The van der Waals surface area contributed by atoms with Crippen molar-refractivity contribution in [1.29, 1.82) is 0 Å².